The summed E-state index contributed by atoms with van der Waals surface area (Å²) in [5.74, 6) is -3.63. The molecule has 3 fully saturated rings. The van der Waals surface area contributed by atoms with Gasteiger partial charge in [-0.1, -0.05) is 43.2 Å². The molecule has 4 aliphatic rings. The number of benzene rings is 1. The van der Waals surface area contributed by atoms with Gasteiger partial charge in [0, 0.05) is 23.3 Å². The van der Waals surface area contributed by atoms with Gasteiger partial charge in [0.2, 0.25) is 21.8 Å². The molecular formula is C39H48F3N5O8S. The van der Waals surface area contributed by atoms with Gasteiger partial charge in [0.1, 0.15) is 23.2 Å². The first kappa shape index (κ1) is 41.0. The van der Waals surface area contributed by atoms with Crippen molar-refractivity contribution in [1.29, 1.82) is 0 Å². The van der Waals surface area contributed by atoms with Crippen molar-refractivity contribution in [3.8, 4) is 5.75 Å². The summed E-state index contributed by atoms with van der Waals surface area (Å²) in [6.45, 7) is 8.69. The Morgan fingerprint density at radius 2 is 1.84 bits per heavy atom. The molecule has 1 saturated heterocycles. The lowest BCUT2D eigenvalue weighted by molar-refractivity contribution is -0.145. The smallest absolute Gasteiger partial charge is 0.437 e. The van der Waals surface area contributed by atoms with Gasteiger partial charge in [0.15, 0.2) is 11.4 Å². The zero-order chi connectivity index (χ0) is 40.7. The first-order valence-corrected chi connectivity index (χ1v) is 20.4. The molecule has 56 heavy (non-hydrogen) atoms. The molecule has 3 N–H and O–H groups in total. The Kier molecular flexibility index (Phi) is 11.2. The summed E-state index contributed by atoms with van der Waals surface area (Å²) in [5, 5.41) is 5.79. The van der Waals surface area contributed by atoms with Crippen molar-refractivity contribution in [2.75, 3.05) is 13.7 Å². The Bertz CT molecular complexity index is 2040. The zero-order valence-electron chi connectivity index (χ0n) is 31.5. The van der Waals surface area contributed by atoms with Crippen LogP contribution in [0.1, 0.15) is 88.8 Å². The number of allylic oxidation sites excluding steroid dienone is 1. The van der Waals surface area contributed by atoms with Crippen LogP contribution in [0.4, 0.5) is 18.0 Å². The maximum atomic E-state index is 14.6. The van der Waals surface area contributed by atoms with E-state index < -0.39 is 85.3 Å². The van der Waals surface area contributed by atoms with Crippen LogP contribution in [0.15, 0.2) is 49.6 Å². The molecule has 17 heteroatoms. The number of sulfonamides is 1. The molecule has 5 atom stereocenters. The van der Waals surface area contributed by atoms with E-state index >= 15 is 0 Å². The van der Waals surface area contributed by atoms with Crippen LogP contribution >= 0.6 is 0 Å². The van der Waals surface area contributed by atoms with E-state index in [1.54, 1.807) is 24.3 Å². The molecular weight excluding hydrogens is 756 g/mol. The molecule has 1 aromatic heterocycles. The van der Waals surface area contributed by atoms with E-state index in [9.17, 15) is 40.8 Å². The molecule has 2 aliphatic heterocycles. The van der Waals surface area contributed by atoms with Crippen molar-refractivity contribution in [3.63, 3.8) is 0 Å². The Morgan fingerprint density at radius 1 is 1.11 bits per heavy atom. The molecule has 0 radical (unpaired) electrons. The molecule has 0 bridgehead atoms. The lowest BCUT2D eigenvalue weighted by Crippen LogP contribution is -2.70. The number of para-hydroxylation sites is 1. The standard InChI is InChI=1S/C39H48F3N5O8S/c1-5-7-8-9-10-15-28(44-35(51)54-4)33(49)47-23-37(18-17-26-25-13-11-12-14-27(25)43-31(30(26)55-37)39(40,41)42)22-29(47)32(48)45-38(19-16-24(38)6-2)34(50)46-56(52,53)36(3)20-21-36/h5-6,11-14,24,28-29H,1-2,7-10,15-23H2,3-4H3,(H,44,51)(H,45,48)(H,46,50). The number of nitrogens with one attached hydrogen (secondary N) is 3. The number of amides is 4. The van der Waals surface area contributed by atoms with Gasteiger partial charge in [-0.15, -0.1) is 13.2 Å². The molecule has 304 valence electrons. The fourth-order valence-corrected chi connectivity index (χ4v) is 9.38. The minimum absolute atomic E-state index is 0.0636. The van der Waals surface area contributed by atoms with Crippen molar-refractivity contribution in [3.05, 3.63) is 60.8 Å². The summed E-state index contributed by atoms with van der Waals surface area (Å²) in [4.78, 5) is 60.6. The Labute approximate surface area is 323 Å². The van der Waals surface area contributed by atoms with E-state index in [0.29, 0.717) is 43.1 Å². The number of ether oxygens (including phenoxy) is 2. The largest absolute Gasteiger partial charge is 0.483 e. The van der Waals surface area contributed by atoms with Crippen molar-refractivity contribution >= 4 is 44.7 Å². The van der Waals surface area contributed by atoms with Crippen molar-refractivity contribution in [2.24, 2.45) is 5.92 Å². The second kappa shape index (κ2) is 15.3. The number of carbonyl (C=O) groups is 4. The number of hydrogen-bond acceptors (Lipinski definition) is 9. The van der Waals surface area contributed by atoms with Gasteiger partial charge in [-0.05, 0) is 70.8 Å². The van der Waals surface area contributed by atoms with E-state index in [0.717, 1.165) is 20.0 Å². The molecule has 5 unspecified atom stereocenters. The van der Waals surface area contributed by atoms with Gasteiger partial charge in [-0.3, -0.25) is 19.1 Å². The Morgan fingerprint density at radius 3 is 2.46 bits per heavy atom. The number of aromatic nitrogens is 1. The number of fused-ring (bicyclic) bond motifs is 3. The third-order valence-corrected chi connectivity index (χ3v) is 14.0. The number of rotatable bonds is 14. The second-order valence-corrected chi connectivity index (χ2v) is 17.8. The van der Waals surface area contributed by atoms with Gasteiger partial charge in [0.25, 0.3) is 5.91 Å². The molecule has 2 saturated carbocycles. The summed E-state index contributed by atoms with van der Waals surface area (Å²) >= 11 is 0. The zero-order valence-corrected chi connectivity index (χ0v) is 32.3. The van der Waals surface area contributed by atoms with Crippen LogP contribution in [-0.4, -0.2) is 83.7 Å². The minimum atomic E-state index is -4.90. The van der Waals surface area contributed by atoms with Gasteiger partial charge in [-0.25, -0.2) is 18.2 Å². The van der Waals surface area contributed by atoms with Crippen LogP contribution in [0.25, 0.3) is 10.9 Å². The Balaban J connectivity index is 1.36. The summed E-state index contributed by atoms with van der Waals surface area (Å²) in [6.07, 6.45) is 1.42. The number of hydrogen-bond donors (Lipinski definition) is 3. The minimum Gasteiger partial charge on any atom is -0.483 e. The molecule has 13 nitrogen and oxygen atoms in total. The van der Waals surface area contributed by atoms with Gasteiger partial charge in [-0.2, -0.15) is 13.2 Å². The predicted molar refractivity (Wildman–Crippen MR) is 200 cm³/mol. The normalized spacial score (nSPS) is 25.6. The molecule has 1 aromatic carbocycles. The molecule has 3 heterocycles. The fraction of sp³-hybridized carbons (Fsp3) is 0.564. The SMILES string of the molecule is C=CCCCCCC(NC(=O)OC)C(=O)N1CC2(CCc3c(c(C(F)(F)F)nc4ccccc34)O2)CC1C(=O)NC1(C(=O)NS(=O)(=O)C2(C)CC2)CCC1C=C. The van der Waals surface area contributed by atoms with Crippen LogP contribution in [0.5, 0.6) is 5.75 Å². The number of alkyl carbamates (subject to hydrolysis) is 1. The molecule has 4 amide bonds. The fourth-order valence-electron chi connectivity index (χ4n) is 8.07. The highest BCUT2D eigenvalue weighted by atomic mass is 32.2. The number of unbranched alkanes of at least 4 members (excludes halogenated alkanes) is 3. The second-order valence-electron chi connectivity index (χ2n) is 15.6. The van der Waals surface area contributed by atoms with Crippen molar-refractivity contribution in [2.45, 2.75) is 118 Å². The van der Waals surface area contributed by atoms with E-state index in [-0.39, 0.29) is 44.2 Å². The van der Waals surface area contributed by atoms with Gasteiger partial charge >= 0.3 is 12.3 Å². The first-order valence-electron chi connectivity index (χ1n) is 18.9. The molecule has 2 aromatic rings. The summed E-state index contributed by atoms with van der Waals surface area (Å²) in [6, 6.07) is 3.82. The first-order chi connectivity index (χ1) is 26.4. The van der Waals surface area contributed by atoms with Crippen LogP contribution in [-0.2, 0) is 41.7 Å². The lowest BCUT2D eigenvalue weighted by atomic mass is 9.66. The number of pyridine rings is 1. The average Bonchev–Trinajstić information content (AvgIpc) is 3.81. The molecule has 2 aliphatic carbocycles. The number of halogens is 3. The van der Waals surface area contributed by atoms with E-state index in [4.69, 9.17) is 9.47 Å². The van der Waals surface area contributed by atoms with Crippen LogP contribution < -0.4 is 20.1 Å². The quantitative estimate of drug-likeness (QED) is 0.171. The number of nitrogens with zero attached hydrogens (tertiary/aromatic N) is 2. The lowest BCUT2D eigenvalue weighted by Gasteiger charge is -2.47. The van der Waals surface area contributed by atoms with Gasteiger partial charge in [0.05, 0.1) is 23.9 Å². The third kappa shape index (κ3) is 7.70. The van der Waals surface area contributed by atoms with E-state index in [1.165, 1.54) is 24.0 Å². The number of methoxy groups -OCH3 is 1. The van der Waals surface area contributed by atoms with E-state index in [2.05, 4.69) is 33.5 Å². The number of alkyl halides is 3. The monoisotopic (exact) mass is 803 g/mol. The average molecular weight is 804 g/mol. The summed E-state index contributed by atoms with van der Waals surface area (Å²) < 4.78 is 82.2. The van der Waals surface area contributed by atoms with E-state index in [1.807, 2.05) is 0 Å². The van der Waals surface area contributed by atoms with Crippen LogP contribution in [0, 0.1) is 5.92 Å². The number of aryl methyl sites for hydroxylation is 1. The molecule has 6 rings (SSSR count). The van der Waals surface area contributed by atoms with Crippen molar-refractivity contribution < 1.29 is 50.2 Å². The molecule has 1 spiro atoms. The highest BCUT2D eigenvalue weighted by Crippen LogP contribution is 2.49. The summed E-state index contributed by atoms with van der Waals surface area (Å²) in [7, 11) is -2.97. The maximum Gasteiger partial charge on any atom is 0.437 e. The van der Waals surface area contributed by atoms with Gasteiger partial charge < -0.3 is 25.0 Å². The highest BCUT2D eigenvalue weighted by Gasteiger charge is 2.60. The topological polar surface area (TPSA) is 173 Å². The highest BCUT2D eigenvalue weighted by molar-refractivity contribution is 7.91. The van der Waals surface area contributed by atoms with Crippen molar-refractivity contribution in [1.82, 2.24) is 25.2 Å². The predicted octanol–water partition coefficient (Wildman–Crippen LogP) is 5.23. The Hall–Kier alpha value is -4.67. The van der Waals surface area contributed by atoms with Crippen LogP contribution in [0.3, 0.4) is 0 Å². The number of likely N-dealkylation sites (tertiary alicyclic amines) is 1. The van der Waals surface area contributed by atoms with Crippen LogP contribution in [0.2, 0.25) is 0 Å². The maximum absolute atomic E-state index is 14.6. The number of carbonyl (C=O) groups excluding carboxylic acids is 4. The summed E-state index contributed by atoms with van der Waals surface area (Å²) in [5.41, 5.74) is -4.03. The third-order valence-electron chi connectivity index (χ3n) is 11.9.